The van der Waals surface area contributed by atoms with Gasteiger partial charge in [-0.15, -0.1) is 0 Å². The van der Waals surface area contributed by atoms with Crippen LogP contribution in [0.2, 0.25) is 10.2 Å². The summed E-state index contributed by atoms with van der Waals surface area (Å²) < 4.78 is 5.75. The largest absolute Gasteiger partial charge is 0.497 e. The van der Waals surface area contributed by atoms with Gasteiger partial charge in [0.15, 0.2) is 0 Å². The van der Waals surface area contributed by atoms with E-state index in [1.165, 1.54) is 0 Å². The SMILES string of the molecule is COc1cc(Cl)cc(Nc2ncc(Br)c(Cl)n2)c1. The van der Waals surface area contributed by atoms with E-state index in [0.29, 0.717) is 26.3 Å². The van der Waals surface area contributed by atoms with Gasteiger partial charge < -0.3 is 10.1 Å². The highest BCUT2D eigenvalue weighted by Crippen LogP contribution is 2.26. The standard InChI is InChI=1S/C11H8BrCl2N3O/c1-18-8-3-6(13)2-7(4-8)16-11-15-5-9(12)10(14)17-11/h2-5H,1H3,(H,15,16,17). The van der Waals surface area contributed by atoms with Crippen molar-refractivity contribution in [1.82, 2.24) is 9.97 Å². The molecule has 0 atom stereocenters. The van der Waals surface area contributed by atoms with E-state index >= 15 is 0 Å². The second-order valence-electron chi connectivity index (χ2n) is 3.34. The van der Waals surface area contributed by atoms with Crippen LogP contribution in [0.25, 0.3) is 0 Å². The number of ether oxygens (including phenoxy) is 1. The van der Waals surface area contributed by atoms with Gasteiger partial charge in [0.2, 0.25) is 5.95 Å². The van der Waals surface area contributed by atoms with E-state index in [1.54, 1.807) is 31.5 Å². The Morgan fingerprint density at radius 3 is 2.72 bits per heavy atom. The lowest BCUT2D eigenvalue weighted by Crippen LogP contribution is -1.97. The van der Waals surface area contributed by atoms with Gasteiger partial charge in [-0.05, 0) is 28.1 Å². The third-order valence-electron chi connectivity index (χ3n) is 2.06. The normalized spacial score (nSPS) is 10.2. The molecule has 2 rings (SSSR count). The maximum Gasteiger partial charge on any atom is 0.228 e. The molecular weight excluding hydrogens is 341 g/mol. The van der Waals surface area contributed by atoms with E-state index in [2.05, 4.69) is 31.2 Å². The Kier molecular flexibility index (Phi) is 4.27. The van der Waals surface area contributed by atoms with Crippen LogP contribution in [0.3, 0.4) is 0 Å². The van der Waals surface area contributed by atoms with Gasteiger partial charge >= 0.3 is 0 Å². The van der Waals surface area contributed by atoms with Crippen molar-refractivity contribution < 1.29 is 4.74 Å². The molecule has 0 fully saturated rings. The predicted octanol–water partition coefficient (Wildman–Crippen LogP) is 4.30. The predicted molar refractivity (Wildman–Crippen MR) is 76.0 cm³/mol. The van der Waals surface area contributed by atoms with Gasteiger partial charge in [0.05, 0.1) is 11.6 Å². The maximum atomic E-state index is 5.96. The number of hydrogen-bond acceptors (Lipinski definition) is 4. The summed E-state index contributed by atoms with van der Waals surface area (Å²) >= 11 is 15.1. The lowest BCUT2D eigenvalue weighted by Gasteiger charge is -2.08. The average Bonchev–Trinajstić information content (AvgIpc) is 2.33. The molecule has 18 heavy (non-hydrogen) atoms. The van der Waals surface area contributed by atoms with Crippen molar-refractivity contribution in [2.24, 2.45) is 0 Å². The van der Waals surface area contributed by atoms with Crippen molar-refractivity contribution in [2.75, 3.05) is 12.4 Å². The highest BCUT2D eigenvalue weighted by atomic mass is 79.9. The number of methoxy groups -OCH3 is 1. The molecule has 0 amide bonds. The molecule has 0 aliphatic heterocycles. The molecule has 1 N–H and O–H groups in total. The first-order chi connectivity index (χ1) is 8.58. The third-order valence-corrected chi connectivity index (χ3v) is 3.38. The van der Waals surface area contributed by atoms with Crippen molar-refractivity contribution in [3.05, 3.63) is 39.0 Å². The van der Waals surface area contributed by atoms with Crippen molar-refractivity contribution in [3.63, 3.8) is 0 Å². The molecule has 1 aromatic carbocycles. The molecule has 94 valence electrons. The quantitative estimate of drug-likeness (QED) is 0.840. The van der Waals surface area contributed by atoms with Crippen LogP contribution in [0.15, 0.2) is 28.9 Å². The Morgan fingerprint density at radius 2 is 2.06 bits per heavy atom. The molecule has 0 saturated heterocycles. The summed E-state index contributed by atoms with van der Waals surface area (Å²) in [6.07, 6.45) is 1.57. The monoisotopic (exact) mass is 347 g/mol. The summed E-state index contributed by atoms with van der Waals surface area (Å²) in [6, 6.07) is 5.23. The summed E-state index contributed by atoms with van der Waals surface area (Å²) in [6.45, 7) is 0. The fourth-order valence-corrected chi connectivity index (χ4v) is 1.83. The zero-order chi connectivity index (χ0) is 13.1. The summed E-state index contributed by atoms with van der Waals surface area (Å²) in [5, 5.41) is 3.89. The Hall–Kier alpha value is -1.04. The number of aromatic nitrogens is 2. The van der Waals surface area contributed by atoms with Crippen LogP contribution >= 0.6 is 39.1 Å². The smallest absolute Gasteiger partial charge is 0.228 e. The summed E-state index contributed by atoms with van der Waals surface area (Å²) in [5.41, 5.74) is 0.720. The Bertz CT molecular complexity index is 580. The van der Waals surface area contributed by atoms with Gasteiger partial charge in [-0.3, -0.25) is 0 Å². The summed E-state index contributed by atoms with van der Waals surface area (Å²) in [7, 11) is 1.57. The number of anilines is 2. The summed E-state index contributed by atoms with van der Waals surface area (Å²) in [4.78, 5) is 8.15. The van der Waals surface area contributed by atoms with E-state index in [0.717, 1.165) is 5.69 Å². The average molecular weight is 349 g/mol. The zero-order valence-electron chi connectivity index (χ0n) is 9.25. The van der Waals surface area contributed by atoms with Crippen LogP contribution in [-0.4, -0.2) is 17.1 Å². The van der Waals surface area contributed by atoms with Gasteiger partial charge in [-0.2, -0.15) is 4.98 Å². The molecule has 0 radical (unpaired) electrons. The van der Waals surface area contributed by atoms with Gasteiger partial charge in [-0.25, -0.2) is 4.98 Å². The van der Waals surface area contributed by atoms with E-state index in [9.17, 15) is 0 Å². The van der Waals surface area contributed by atoms with Gasteiger partial charge in [0, 0.05) is 23.0 Å². The van der Waals surface area contributed by atoms with Crippen molar-refractivity contribution in [3.8, 4) is 5.75 Å². The molecule has 0 unspecified atom stereocenters. The number of halogens is 3. The van der Waals surface area contributed by atoms with Gasteiger partial charge in [-0.1, -0.05) is 23.2 Å². The molecule has 0 aliphatic carbocycles. The van der Waals surface area contributed by atoms with E-state index in [-0.39, 0.29) is 0 Å². The van der Waals surface area contributed by atoms with Gasteiger partial charge in [0.1, 0.15) is 10.9 Å². The second kappa shape index (κ2) is 5.73. The molecule has 0 spiro atoms. The van der Waals surface area contributed by atoms with E-state index in [1.807, 2.05) is 0 Å². The molecule has 0 aliphatic rings. The van der Waals surface area contributed by atoms with Crippen LogP contribution < -0.4 is 10.1 Å². The Balaban J connectivity index is 2.27. The first-order valence-corrected chi connectivity index (χ1v) is 6.43. The molecular formula is C11H8BrCl2N3O. The zero-order valence-corrected chi connectivity index (χ0v) is 12.3. The number of rotatable bonds is 3. The third kappa shape index (κ3) is 3.25. The molecule has 7 heteroatoms. The number of nitrogens with one attached hydrogen (secondary N) is 1. The molecule has 2 aromatic rings. The lowest BCUT2D eigenvalue weighted by molar-refractivity contribution is 0.415. The van der Waals surface area contributed by atoms with E-state index < -0.39 is 0 Å². The van der Waals surface area contributed by atoms with Crippen molar-refractivity contribution in [1.29, 1.82) is 0 Å². The highest BCUT2D eigenvalue weighted by Gasteiger charge is 2.05. The molecule has 1 aromatic heterocycles. The molecule has 4 nitrogen and oxygen atoms in total. The number of benzene rings is 1. The van der Waals surface area contributed by atoms with E-state index in [4.69, 9.17) is 27.9 Å². The second-order valence-corrected chi connectivity index (χ2v) is 4.99. The molecule has 0 saturated carbocycles. The van der Waals surface area contributed by atoms with Gasteiger partial charge in [0.25, 0.3) is 0 Å². The minimum atomic E-state index is 0.335. The summed E-state index contributed by atoms with van der Waals surface area (Å²) in [5.74, 6) is 1.03. The van der Waals surface area contributed by atoms with Crippen molar-refractivity contribution >= 4 is 50.8 Å². The Labute approximate surface area is 122 Å². The fraction of sp³-hybridized carbons (Fsp3) is 0.0909. The first-order valence-electron chi connectivity index (χ1n) is 4.88. The van der Waals surface area contributed by atoms with Crippen LogP contribution in [0.1, 0.15) is 0 Å². The first kappa shape index (κ1) is 13.4. The van der Waals surface area contributed by atoms with Crippen molar-refractivity contribution in [2.45, 2.75) is 0 Å². The Morgan fingerprint density at radius 1 is 1.28 bits per heavy atom. The number of hydrogen-bond donors (Lipinski definition) is 1. The van der Waals surface area contributed by atoms with Crippen LogP contribution in [0.4, 0.5) is 11.6 Å². The van der Waals surface area contributed by atoms with Crippen LogP contribution in [-0.2, 0) is 0 Å². The number of nitrogens with zero attached hydrogens (tertiary/aromatic N) is 2. The maximum absolute atomic E-state index is 5.96. The topological polar surface area (TPSA) is 47.0 Å². The minimum absolute atomic E-state index is 0.335. The lowest BCUT2D eigenvalue weighted by atomic mass is 10.3. The highest BCUT2D eigenvalue weighted by molar-refractivity contribution is 9.10. The molecule has 1 heterocycles. The fourth-order valence-electron chi connectivity index (χ4n) is 1.29. The minimum Gasteiger partial charge on any atom is -0.497 e. The van der Waals surface area contributed by atoms with Crippen LogP contribution in [0.5, 0.6) is 5.75 Å². The van der Waals surface area contributed by atoms with Crippen LogP contribution in [0, 0.1) is 0 Å². The molecule has 0 bridgehead atoms.